The number of rotatable bonds is 3. The Labute approximate surface area is 114 Å². The Balaban J connectivity index is 2.20. The zero-order chi connectivity index (χ0) is 14.0. The average molecular weight is 286 g/mol. The van der Waals surface area contributed by atoms with E-state index in [4.69, 9.17) is 11.6 Å². The van der Waals surface area contributed by atoms with E-state index in [9.17, 15) is 13.2 Å². The normalized spacial score (nSPS) is 12.3. The first-order valence-corrected chi connectivity index (χ1v) is 6.01. The highest BCUT2D eigenvalue weighted by Gasteiger charge is 2.12. The molecule has 2 rings (SSSR count). The Hall–Kier alpha value is -1.68. The van der Waals surface area contributed by atoms with E-state index >= 15 is 0 Å². The van der Waals surface area contributed by atoms with Gasteiger partial charge in [0, 0.05) is 17.3 Å². The van der Waals surface area contributed by atoms with Crippen LogP contribution in [0.3, 0.4) is 0 Å². The summed E-state index contributed by atoms with van der Waals surface area (Å²) in [5, 5.41) is 2.96. The Morgan fingerprint density at radius 2 is 1.74 bits per heavy atom. The predicted octanol–water partition coefficient (Wildman–Crippen LogP) is 4.93. The van der Waals surface area contributed by atoms with Crippen LogP contribution in [0.4, 0.5) is 18.9 Å². The van der Waals surface area contributed by atoms with Gasteiger partial charge in [0.15, 0.2) is 0 Å². The summed E-state index contributed by atoms with van der Waals surface area (Å²) in [6, 6.07) is 7.11. The molecule has 0 amide bonds. The molecule has 2 aromatic rings. The molecule has 0 aliphatic rings. The van der Waals surface area contributed by atoms with Gasteiger partial charge < -0.3 is 5.32 Å². The Bertz CT molecular complexity index is 601. The third kappa shape index (κ3) is 3.20. The number of anilines is 1. The molecule has 19 heavy (non-hydrogen) atoms. The van der Waals surface area contributed by atoms with E-state index in [0.29, 0.717) is 11.3 Å². The van der Waals surface area contributed by atoms with Crippen molar-refractivity contribution in [1.29, 1.82) is 0 Å². The molecule has 5 heteroatoms. The van der Waals surface area contributed by atoms with Crippen LogP contribution in [0.1, 0.15) is 18.5 Å². The molecular weight excluding hydrogens is 275 g/mol. The minimum atomic E-state index is -0.631. The number of nitrogens with one attached hydrogen (secondary N) is 1. The smallest absolute Gasteiger partial charge is 0.141 e. The molecule has 0 saturated heterocycles. The summed E-state index contributed by atoms with van der Waals surface area (Å²) >= 11 is 5.66. The largest absolute Gasteiger partial charge is 0.378 e. The summed E-state index contributed by atoms with van der Waals surface area (Å²) in [7, 11) is 0. The molecular formula is C14H11ClF3N. The summed E-state index contributed by atoms with van der Waals surface area (Å²) in [5.74, 6) is -1.78. The third-order valence-electron chi connectivity index (χ3n) is 2.73. The lowest BCUT2D eigenvalue weighted by molar-refractivity contribution is 0.566. The van der Waals surface area contributed by atoms with E-state index < -0.39 is 23.5 Å². The van der Waals surface area contributed by atoms with Crippen molar-refractivity contribution >= 4 is 17.3 Å². The molecule has 0 heterocycles. The fraction of sp³-hybridized carbons (Fsp3) is 0.143. The lowest BCUT2D eigenvalue weighted by atomic mass is 10.1. The summed E-state index contributed by atoms with van der Waals surface area (Å²) < 4.78 is 39.4. The molecule has 0 aliphatic heterocycles. The topological polar surface area (TPSA) is 12.0 Å². The minimum Gasteiger partial charge on any atom is -0.378 e. The summed E-state index contributed by atoms with van der Waals surface area (Å²) in [4.78, 5) is 0. The third-order valence-corrected chi connectivity index (χ3v) is 3.02. The minimum absolute atomic E-state index is 0.0169. The van der Waals surface area contributed by atoms with Gasteiger partial charge in [-0.1, -0.05) is 17.7 Å². The van der Waals surface area contributed by atoms with E-state index in [0.717, 1.165) is 6.07 Å². The maximum absolute atomic E-state index is 13.6. The van der Waals surface area contributed by atoms with Gasteiger partial charge in [-0.15, -0.1) is 0 Å². The van der Waals surface area contributed by atoms with Crippen molar-refractivity contribution in [2.75, 3.05) is 5.32 Å². The van der Waals surface area contributed by atoms with Crippen molar-refractivity contribution in [2.24, 2.45) is 0 Å². The Kier molecular flexibility index (Phi) is 4.00. The van der Waals surface area contributed by atoms with Crippen LogP contribution in [0.15, 0.2) is 36.4 Å². The fourth-order valence-corrected chi connectivity index (χ4v) is 1.95. The SMILES string of the molecule is CC(Nc1ccc(F)c(Cl)c1)c1ccc(F)cc1F. The van der Waals surface area contributed by atoms with Crippen molar-refractivity contribution < 1.29 is 13.2 Å². The average Bonchev–Trinajstić information content (AvgIpc) is 2.33. The second-order valence-corrected chi connectivity index (χ2v) is 4.57. The van der Waals surface area contributed by atoms with Gasteiger partial charge in [-0.2, -0.15) is 0 Å². The number of hydrogen-bond donors (Lipinski definition) is 1. The molecule has 1 N–H and O–H groups in total. The molecule has 0 radical (unpaired) electrons. The molecule has 0 fully saturated rings. The Morgan fingerprint density at radius 3 is 2.37 bits per heavy atom. The van der Waals surface area contributed by atoms with Crippen LogP contribution >= 0.6 is 11.6 Å². The lowest BCUT2D eigenvalue weighted by Gasteiger charge is -2.16. The number of halogens is 4. The van der Waals surface area contributed by atoms with Crippen LogP contribution < -0.4 is 5.32 Å². The standard InChI is InChI=1S/C14H11ClF3N/c1-8(11-4-2-9(16)6-14(11)18)19-10-3-5-13(17)12(15)7-10/h2-8,19H,1H3. The predicted molar refractivity (Wildman–Crippen MR) is 69.8 cm³/mol. The highest BCUT2D eigenvalue weighted by Crippen LogP contribution is 2.25. The molecule has 0 saturated carbocycles. The van der Waals surface area contributed by atoms with Gasteiger partial charge in [-0.3, -0.25) is 0 Å². The van der Waals surface area contributed by atoms with Crippen molar-refractivity contribution in [2.45, 2.75) is 13.0 Å². The first-order chi connectivity index (χ1) is 8.97. The van der Waals surface area contributed by atoms with Gasteiger partial charge in [-0.25, -0.2) is 13.2 Å². The van der Waals surface area contributed by atoms with Gasteiger partial charge in [0.05, 0.1) is 11.1 Å². The van der Waals surface area contributed by atoms with Crippen LogP contribution in [0.2, 0.25) is 5.02 Å². The van der Waals surface area contributed by atoms with Crippen molar-refractivity contribution in [1.82, 2.24) is 0 Å². The van der Waals surface area contributed by atoms with E-state index in [1.54, 1.807) is 6.92 Å². The molecule has 0 bridgehead atoms. The van der Waals surface area contributed by atoms with E-state index in [1.165, 1.54) is 30.3 Å². The van der Waals surface area contributed by atoms with Crippen LogP contribution in [-0.4, -0.2) is 0 Å². The summed E-state index contributed by atoms with van der Waals surface area (Å²) in [6.07, 6.45) is 0. The highest BCUT2D eigenvalue weighted by atomic mass is 35.5. The van der Waals surface area contributed by atoms with Crippen LogP contribution in [0.25, 0.3) is 0 Å². The monoisotopic (exact) mass is 285 g/mol. The number of benzene rings is 2. The van der Waals surface area contributed by atoms with Crippen molar-refractivity contribution in [3.63, 3.8) is 0 Å². The molecule has 1 nitrogen and oxygen atoms in total. The van der Waals surface area contributed by atoms with Crippen molar-refractivity contribution in [3.8, 4) is 0 Å². The second kappa shape index (κ2) is 5.53. The van der Waals surface area contributed by atoms with Gasteiger partial charge in [0.1, 0.15) is 17.5 Å². The zero-order valence-corrected chi connectivity index (χ0v) is 10.8. The van der Waals surface area contributed by atoms with E-state index in [1.807, 2.05) is 0 Å². The summed E-state index contributed by atoms with van der Waals surface area (Å²) in [6.45, 7) is 1.72. The molecule has 0 spiro atoms. The van der Waals surface area contributed by atoms with Gasteiger partial charge in [0.25, 0.3) is 0 Å². The molecule has 0 aromatic heterocycles. The zero-order valence-electron chi connectivity index (χ0n) is 10.1. The molecule has 0 aliphatic carbocycles. The van der Waals surface area contributed by atoms with Gasteiger partial charge in [-0.05, 0) is 31.2 Å². The molecule has 2 aromatic carbocycles. The molecule has 100 valence electrons. The van der Waals surface area contributed by atoms with Crippen molar-refractivity contribution in [3.05, 3.63) is 64.4 Å². The Morgan fingerprint density at radius 1 is 1.00 bits per heavy atom. The fourth-order valence-electron chi connectivity index (χ4n) is 1.77. The van der Waals surface area contributed by atoms with E-state index in [2.05, 4.69) is 5.32 Å². The highest BCUT2D eigenvalue weighted by molar-refractivity contribution is 6.31. The first kappa shape index (κ1) is 13.7. The molecule has 1 atom stereocenters. The van der Waals surface area contributed by atoms with Crippen LogP contribution in [0, 0.1) is 17.5 Å². The first-order valence-electron chi connectivity index (χ1n) is 5.64. The quantitative estimate of drug-likeness (QED) is 0.843. The second-order valence-electron chi connectivity index (χ2n) is 4.16. The van der Waals surface area contributed by atoms with Crippen LogP contribution in [-0.2, 0) is 0 Å². The van der Waals surface area contributed by atoms with E-state index in [-0.39, 0.29) is 5.02 Å². The maximum Gasteiger partial charge on any atom is 0.141 e. The maximum atomic E-state index is 13.6. The summed E-state index contributed by atoms with van der Waals surface area (Å²) in [5.41, 5.74) is 0.879. The molecule has 1 unspecified atom stereocenters. The van der Waals surface area contributed by atoms with Gasteiger partial charge >= 0.3 is 0 Å². The lowest BCUT2D eigenvalue weighted by Crippen LogP contribution is -2.09. The van der Waals surface area contributed by atoms with Crippen LogP contribution in [0.5, 0.6) is 0 Å². The van der Waals surface area contributed by atoms with Gasteiger partial charge in [0.2, 0.25) is 0 Å². The number of hydrogen-bond acceptors (Lipinski definition) is 1.